The number of anilines is 1. The molecule has 1 saturated heterocycles. The zero-order chi connectivity index (χ0) is 11.5. The summed E-state index contributed by atoms with van der Waals surface area (Å²) in [5.74, 6) is 0.781. The summed E-state index contributed by atoms with van der Waals surface area (Å²) in [6, 6.07) is 1.99. The zero-order valence-corrected chi connectivity index (χ0v) is 11.2. The van der Waals surface area contributed by atoms with Crippen LogP contribution in [0.15, 0.2) is 16.7 Å². The van der Waals surface area contributed by atoms with Crippen LogP contribution in [-0.2, 0) is 0 Å². The lowest BCUT2D eigenvalue weighted by Gasteiger charge is -2.36. The van der Waals surface area contributed by atoms with Crippen LogP contribution in [0.2, 0.25) is 5.02 Å². The summed E-state index contributed by atoms with van der Waals surface area (Å²) in [6.45, 7) is 1.08. The van der Waals surface area contributed by atoms with E-state index in [1.54, 1.807) is 6.20 Å². The highest BCUT2D eigenvalue weighted by atomic mass is 79.9. The number of pyridine rings is 1. The highest BCUT2D eigenvalue weighted by Crippen LogP contribution is 2.30. The molecule has 2 rings (SSSR count). The Morgan fingerprint density at radius 2 is 2.38 bits per heavy atom. The maximum atomic E-state index is 9.35. The fraction of sp³-hybridized carbons (Fsp3) is 0.545. The molecular weight excluding hydrogens is 291 g/mol. The van der Waals surface area contributed by atoms with Crippen LogP contribution in [0.1, 0.15) is 19.3 Å². The summed E-state index contributed by atoms with van der Waals surface area (Å²) in [5.41, 5.74) is 0. The fourth-order valence-electron chi connectivity index (χ4n) is 2.09. The Balaban J connectivity index is 2.27. The molecule has 0 bridgehead atoms. The van der Waals surface area contributed by atoms with Gasteiger partial charge < -0.3 is 10.0 Å². The molecule has 1 fully saturated rings. The summed E-state index contributed by atoms with van der Waals surface area (Å²) in [5, 5.41) is 9.98. The molecule has 1 N–H and O–H groups in total. The van der Waals surface area contributed by atoms with Crippen LogP contribution in [0, 0.1) is 0 Å². The van der Waals surface area contributed by atoms with Crippen LogP contribution < -0.4 is 4.90 Å². The zero-order valence-electron chi connectivity index (χ0n) is 8.87. The number of aliphatic hydroxyl groups is 1. The maximum Gasteiger partial charge on any atom is 0.147 e. The Kier molecular flexibility index (Phi) is 4.05. The van der Waals surface area contributed by atoms with E-state index in [1.807, 2.05) is 6.07 Å². The molecule has 1 unspecified atom stereocenters. The van der Waals surface area contributed by atoms with Crippen molar-refractivity contribution in [2.45, 2.75) is 25.3 Å². The summed E-state index contributed by atoms with van der Waals surface area (Å²) in [6.07, 6.45) is 5.04. The van der Waals surface area contributed by atoms with E-state index in [9.17, 15) is 5.11 Å². The first kappa shape index (κ1) is 12.1. The number of nitrogens with zero attached hydrogens (tertiary/aromatic N) is 2. The quantitative estimate of drug-likeness (QED) is 0.913. The second kappa shape index (κ2) is 5.34. The van der Waals surface area contributed by atoms with Crippen LogP contribution in [0.5, 0.6) is 0 Å². The predicted molar refractivity (Wildman–Crippen MR) is 69.0 cm³/mol. The lowest BCUT2D eigenvalue weighted by Crippen LogP contribution is -2.42. The number of rotatable bonds is 2. The molecule has 1 aliphatic heterocycles. The molecule has 0 spiro atoms. The van der Waals surface area contributed by atoms with Gasteiger partial charge in [-0.15, -0.1) is 0 Å². The molecule has 3 nitrogen and oxygen atoms in total. The molecule has 0 saturated carbocycles. The predicted octanol–water partition coefficient (Wildman–Crippen LogP) is 2.85. The minimum Gasteiger partial charge on any atom is -0.394 e. The largest absolute Gasteiger partial charge is 0.394 e. The van der Waals surface area contributed by atoms with Crippen molar-refractivity contribution < 1.29 is 5.11 Å². The SMILES string of the molecule is OCC1CCCCN1c1ncc(Br)cc1Cl. The standard InChI is InChI=1S/C11H14BrClN2O/c12-8-5-10(13)11(14-6-8)15-4-2-1-3-9(15)7-16/h5-6,9,16H,1-4,7H2. The minimum atomic E-state index is 0.153. The number of piperidine rings is 1. The Morgan fingerprint density at radius 1 is 1.56 bits per heavy atom. The summed E-state index contributed by atoms with van der Waals surface area (Å²) >= 11 is 9.51. The van der Waals surface area contributed by atoms with E-state index in [0.717, 1.165) is 36.1 Å². The highest BCUT2D eigenvalue weighted by Gasteiger charge is 2.24. The number of hydrogen-bond acceptors (Lipinski definition) is 3. The first-order valence-electron chi connectivity index (χ1n) is 5.41. The first-order valence-corrected chi connectivity index (χ1v) is 6.58. The first-order chi connectivity index (χ1) is 7.72. The molecule has 0 aromatic carbocycles. The third-order valence-corrected chi connectivity index (χ3v) is 3.61. The molecule has 0 radical (unpaired) electrons. The number of halogens is 2. The molecule has 5 heteroatoms. The number of aromatic nitrogens is 1. The highest BCUT2D eigenvalue weighted by molar-refractivity contribution is 9.10. The van der Waals surface area contributed by atoms with Crippen LogP contribution in [0.4, 0.5) is 5.82 Å². The molecule has 0 aliphatic carbocycles. The van der Waals surface area contributed by atoms with E-state index >= 15 is 0 Å². The van der Waals surface area contributed by atoms with Gasteiger partial charge in [-0.1, -0.05) is 11.6 Å². The summed E-state index contributed by atoms with van der Waals surface area (Å²) in [4.78, 5) is 6.45. The Morgan fingerprint density at radius 3 is 3.06 bits per heavy atom. The van der Waals surface area contributed by atoms with Crippen molar-refractivity contribution in [3.63, 3.8) is 0 Å². The molecule has 1 aliphatic rings. The fourth-order valence-corrected chi connectivity index (χ4v) is 2.83. The normalized spacial score (nSPS) is 21.2. The van der Waals surface area contributed by atoms with E-state index in [4.69, 9.17) is 11.6 Å². The molecule has 1 aromatic heterocycles. The molecule has 0 amide bonds. The van der Waals surface area contributed by atoms with Crippen LogP contribution in [0.25, 0.3) is 0 Å². The smallest absolute Gasteiger partial charge is 0.147 e. The monoisotopic (exact) mass is 304 g/mol. The van der Waals surface area contributed by atoms with Crippen molar-refractivity contribution in [2.24, 2.45) is 0 Å². The van der Waals surface area contributed by atoms with Gasteiger partial charge in [0.2, 0.25) is 0 Å². The van der Waals surface area contributed by atoms with Gasteiger partial charge in [0.05, 0.1) is 17.7 Å². The average Bonchev–Trinajstić information content (AvgIpc) is 2.29. The molecule has 1 aromatic rings. The van der Waals surface area contributed by atoms with Gasteiger partial charge in [-0.2, -0.15) is 0 Å². The van der Waals surface area contributed by atoms with E-state index in [2.05, 4.69) is 25.8 Å². The van der Waals surface area contributed by atoms with Crippen molar-refractivity contribution in [1.82, 2.24) is 4.98 Å². The average molecular weight is 306 g/mol. The van der Waals surface area contributed by atoms with Crippen molar-refractivity contribution >= 4 is 33.3 Å². The van der Waals surface area contributed by atoms with Crippen molar-refractivity contribution in [3.05, 3.63) is 21.8 Å². The Hall–Kier alpha value is -0.320. The van der Waals surface area contributed by atoms with Crippen molar-refractivity contribution in [2.75, 3.05) is 18.1 Å². The Bertz CT molecular complexity index is 375. The van der Waals surface area contributed by atoms with E-state index in [0.29, 0.717) is 5.02 Å². The van der Waals surface area contributed by atoms with E-state index in [1.165, 1.54) is 0 Å². The third-order valence-electron chi connectivity index (χ3n) is 2.90. The lowest BCUT2D eigenvalue weighted by molar-refractivity contribution is 0.239. The Labute approximate surface area is 109 Å². The minimum absolute atomic E-state index is 0.153. The van der Waals surface area contributed by atoms with Gasteiger partial charge in [-0.25, -0.2) is 4.98 Å². The van der Waals surface area contributed by atoms with Gasteiger partial charge in [-0.05, 0) is 41.3 Å². The lowest BCUT2D eigenvalue weighted by atomic mass is 10.0. The topological polar surface area (TPSA) is 36.4 Å². The second-order valence-corrected chi connectivity index (χ2v) is 5.31. The van der Waals surface area contributed by atoms with Gasteiger partial charge in [-0.3, -0.25) is 0 Å². The summed E-state index contributed by atoms with van der Waals surface area (Å²) in [7, 11) is 0. The van der Waals surface area contributed by atoms with Gasteiger partial charge in [0.1, 0.15) is 5.82 Å². The van der Waals surface area contributed by atoms with Gasteiger partial charge >= 0.3 is 0 Å². The molecule has 2 heterocycles. The summed E-state index contributed by atoms with van der Waals surface area (Å²) < 4.78 is 0.874. The van der Waals surface area contributed by atoms with Gasteiger partial charge in [0.15, 0.2) is 0 Å². The third kappa shape index (κ3) is 2.50. The molecule has 88 valence electrons. The van der Waals surface area contributed by atoms with Gasteiger partial charge in [0.25, 0.3) is 0 Å². The van der Waals surface area contributed by atoms with Crippen LogP contribution in [0.3, 0.4) is 0 Å². The maximum absolute atomic E-state index is 9.35. The number of hydrogen-bond donors (Lipinski definition) is 1. The van der Waals surface area contributed by atoms with Crippen LogP contribution >= 0.6 is 27.5 Å². The number of aliphatic hydroxyl groups excluding tert-OH is 1. The second-order valence-electron chi connectivity index (χ2n) is 3.98. The molecule has 16 heavy (non-hydrogen) atoms. The van der Waals surface area contributed by atoms with Crippen molar-refractivity contribution in [1.29, 1.82) is 0 Å². The van der Waals surface area contributed by atoms with Gasteiger partial charge in [0, 0.05) is 17.2 Å². The van der Waals surface area contributed by atoms with E-state index < -0.39 is 0 Å². The molecular formula is C11H14BrClN2O. The van der Waals surface area contributed by atoms with E-state index in [-0.39, 0.29) is 12.6 Å². The van der Waals surface area contributed by atoms with Crippen LogP contribution in [-0.4, -0.2) is 29.3 Å². The molecule has 1 atom stereocenters. The van der Waals surface area contributed by atoms with Crippen molar-refractivity contribution in [3.8, 4) is 0 Å².